The minimum Gasteiger partial charge on any atom is -0.345 e. The third-order valence-electron chi connectivity index (χ3n) is 6.85. The smallest absolute Gasteiger partial charge is 0.189 e. The van der Waals surface area contributed by atoms with Gasteiger partial charge in [-0.1, -0.05) is 89.7 Å². The Morgan fingerprint density at radius 3 is 1.90 bits per heavy atom. The van der Waals surface area contributed by atoms with Crippen LogP contribution in [0, 0.1) is 0 Å². The van der Waals surface area contributed by atoms with Gasteiger partial charge in [-0.25, -0.2) is 4.99 Å². The van der Waals surface area contributed by atoms with E-state index < -0.39 is 0 Å². The molecule has 3 atom stereocenters. The van der Waals surface area contributed by atoms with Crippen molar-refractivity contribution < 1.29 is 9.59 Å². The number of unbranched alkanes of at least 4 members (excludes halogenated alkanes) is 13. The third kappa shape index (κ3) is 10.8. The van der Waals surface area contributed by atoms with Gasteiger partial charge in [0.25, 0.3) is 0 Å². The molecule has 0 amide bonds. The summed E-state index contributed by atoms with van der Waals surface area (Å²) in [6.45, 7) is 8.24. The average molecular weight is 408 g/mol. The molecule has 0 aromatic heterocycles. The SMILES string of the molecule is CCCC/C=C/CCCCCCCCCCCCCC1N=CC[N+]1(CC)C(C)O. The van der Waals surface area contributed by atoms with Gasteiger partial charge >= 0.3 is 0 Å². The molecular formula is C26H51N2O+. The molecule has 3 unspecified atom stereocenters. The van der Waals surface area contributed by atoms with E-state index in [1.165, 1.54) is 96.3 Å². The van der Waals surface area contributed by atoms with Crippen LogP contribution in [0.5, 0.6) is 0 Å². The number of quaternary nitrogens is 1. The van der Waals surface area contributed by atoms with Crippen molar-refractivity contribution in [1.29, 1.82) is 0 Å². The van der Waals surface area contributed by atoms with Gasteiger partial charge in [0.15, 0.2) is 12.4 Å². The fourth-order valence-corrected chi connectivity index (χ4v) is 4.65. The molecule has 1 aliphatic heterocycles. The maximum Gasteiger partial charge on any atom is 0.189 e. The molecule has 0 aromatic rings. The Bertz CT molecular complexity index is 432. The number of rotatable bonds is 19. The standard InChI is InChI=1S/C26H51N2O/c1-4-6-7-8-9-10-11-12-13-14-15-16-17-18-19-20-21-22-26-27-23-24-28(26,5-2)25(3)29/h8-9,23,25-26,29H,4-7,10-22,24H2,1-3H3/q+1/b9-8+. The van der Waals surface area contributed by atoms with Crippen LogP contribution in [-0.4, -0.2) is 41.3 Å². The summed E-state index contributed by atoms with van der Waals surface area (Å²) in [5.74, 6) is 0. The van der Waals surface area contributed by atoms with Crippen molar-refractivity contribution in [2.75, 3.05) is 13.1 Å². The lowest BCUT2D eigenvalue weighted by Gasteiger charge is -2.40. The lowest BCUT2D eigenvalue weighted by Crippen LogP contribution is -2.57. The first-order chi connectivity index (χ1) is 14.2. The maximum absolute atomic E-state index is 10.2. The largest absolute Gasteiger partial charge is 0.345 e. The number of aliphatic imine (C=N–C) groups is 1. The minimum atomic E-state index is -0.310. The first-order valence-corrected chi connectivity index (χ1v) is 12.9. The van der Waals surface area contributed by atoms with Crippen LogP contribution in [0.15, 0.2) is 17.1 Å². The van der Waals surface area contributed by atoms with Crippen LogP contribution >= 0.6 is 0 Å². The highest BCUT2D eigenvalue weighted by molar-refractivity contribution is 5.60. The number of hydrogen-bond donors (Lipinski definition) is 1. The minimum absolute atomic E-state index is 0.284. The van der Waals surface area contributed by atoms with Crippen molar-refractivity contribution in [3.63, 3.8) is 0 Å². The van der Waals surface area contributed by atoms with Gasteiger partial charge in [-0.15, -0.1) is 0 Å². The molecule has 0 aromatic carbocycles. The second-order valence-corrected chi connectivity index (χ2v) is 9.13. The first-order valence-electron chi connectivity index (χ1n) is 12.9. The number of nitrogens with zero attached hydrogens (tertiary/aromatic N) is 2. The van der Waals surface area contributed by atoms with Crippen LogP contribution in [-0.2, 0) is 0 Å². The third-order valence-corrected chi connectivity index (χ3v) is 6.85. The van der Waals surface area contributed by atoms with Gasteiger partial charge in [0, 0.05) is 13.3 Å². The summed E-state index contributed by atoms with van der Waals surface area (Å²) in [7, 11) is 0. The van der Waals surface area contributed by atoms with E-state index in [1.54, 1.807) is 0 Å². The monoisotopic (exact) mass is 407 g/mol. The molecule has 3 heteroatoms. The van der Waals surface area contributed by atoms with E-state index in [1.807, 2.05) is 13.1 Å². The summed E-state index contributed by atoms with van der Waals surface area (Å²) >= 11 is 0. The van der Waals surface area contributed by atoms with Gasteiger partial charge in [0.2, 0.25) is 0 Å². The van der Waals surface area contributed by atoms with Crippen LogP contribution in [0.3, 0.4) is 0 Å². The Balaban J connectivity index is 1.87. The quantitative estimate of drug-likeness (QED) is 0.135. The van der Waals surface area contributed by atoms with Crippen molar-refractivity contribution in [3.8, 4) is 0 Å². The Kier molecular flexibility index (Phi) is 15.5. The molecule has 0 saturated heterocycles. The van der Waals surface area contributed by atoms with Crippen LogP contribution in [0.2, 0.25) is 0 Å². The highest BCUT2D eigenvalue weighted by Gasteiger charge is 2.41. The van der Waals surface area contributed by atoms with E-state index in [0.717, 1.165) is 24.0 Å². The Labute approximate surface area is 182 Å². The molecule has 1 N–H and O–H groups in total. The lowest BCUT2D eigenvalue weighted by molar-refractivity contribution is -0.976. The van der Waals surface area contributed by atoms with Crippen LogP contribution in [0.1, 0.15) is 124 Å². The summed E-state index contributed by atoms with van der Waals surface area (Å²) in [6, 6.07) is 0. The van der Waals surface area contributed by atoms with E-state index >= 15 is 0 Å². The second-order valence-electron chi connectivity index (χ2n) is 9.13. The highest BCUT2D eigenvalue weighted by Crippen LogP contribution is 2.26. The van der Waals surface area contributed by atoms with Gasteiger partial charge in [-0.05, 0) is 32.6 Å². The van der Waals surface area contributed by atoms with Gasteiger partial charge in [0.1, 0.15) is 6.54 Å². The summed E-state index contributed by atoms with van der Waals surface area (Å²) in [5.41, 5.74) is 0. The molecule has 1 rings (SSSR count). The van der Waals surface area contributed by atoms with E-state index in [4.69, 9.17) is 0 Å². The van der Waals surface area contributed by atoms with Gasteiger partial charge < -0.3 is 5.11 Å². The lowest BCUT2D eigenvalue weighted by atomic mass is 10.0. The molecule has 0 radical (unpaired) electrons. The molecular weight excluding hydrogens is 356 g/mol. The fourth-order valence-electron chi connectivity index (χ4n) is 4.65. The summed E-state index contributed by atoms with van der Waals surface area (Å²) in [4.78, 5) is 4.68. The van der Waals surface area contributed by atoms with Crippen molar-refractivity contribution >= 4 is 6.21 Å². The van der Waals surface area contributed by atoms with E-state index in [0.29, 0.717) is 0 Å². The Hall–Kier alpha value is -0.670. The molecule has 0 fully saturated rings. The van der Waals surface area contributed by atoms with Gasteiger partial charge in [-0.2, -0.15) is 0 Å². The number of aliphatic hydroxyl groups is 1. The summed E-state index contributed by atoms with van der Waals surface area (Å²) < 4.78 is 0.745. The van der Waals surface area contributed by atoms with Crippen molar-refractivity contribution in [3.05, 3.63) is 12.2 Å². The van der Waals surface area contributed by atoms with Crippen molar-refractivity contribution in [2.45, 2.75) is 136 Å². The molecule has 29 heavy (non-hydrogen) atoms. The predicted octanol–water partition coefficient (Wildman–Crippen LogP) is 7.39. The van der Waals surface area contributed by atoms with Crippen LogP contribution < -0.4 is 0 Å². The molecule has 0 bridgehead atoms. The molecule has 0 spiro atoms. The maximum atomic E-state index is 10.2. The average Bonchev–Trinajstić information content (AvgIpc) is 3.14. The predicted molar refractivity (Wildman–Crippen MR) is 128 cm³/mol. The van der Waals surface area contributed by atoms with E-state index in [9.17, 15) is 5.11 Å². The Morgan fingerprint density at radius 1 is 0.862 bits per heavy atom. The molecule has 3 nitrogen and oxygen atoms in total. The molecule has 170 valence electrons. The zero-order valence-corrected chi connectivity index (χ0v) is 20.0. The zero-order valence-electron chi connectivity index (χ0n) is 20.0. The van der Waals surface area contributed by atoms with E-state index in [2.05, 4.69) is 31.0 Å². The van der Waals surface area contributed by atoms with Gasteiger partial charge in [0.05, 0.1) is 12.8 Å². The first kappa shape index (κ1) is 26.4. The zero-order chi connectivity index (χ0) is 21.2. The Morgan fingerprint density at radius 2 is 1.38 bits per heavy atom. The van der Waals surface area contributed by atoms with Crippen LogP contribution in [0.4, 0.5) is 0 Å². The number of hydrogen-bond acceptors (Lipinski definition) is 2. The second kappa shape index (κ2) is 17.1. The van der Waals surface area contributed by atoms with Crippen LogP contribution in [0.25, 0.3) is 0 Å². The molecule has 1 aliphatic rings. The van der Waals surface area contributed by atoms with Crippen molar-refractivity contribution in [2.24, 2.45) is 4.99 Å². The molecule has 0 saturated carbocycles. The fraction of sp³-hybridized carbons (Fsp3) is 0.885. The normalized spacial score (nSPS) is 22.7. The molecule has 0 aliphatic carbocycles. The molecule has 1 heterocycles. The van der Waals surface area contributed by atoms with Crippen molar-refractivity contribution in [1.82, 2.24) is 0 Å². The number of allylic oxidation sites excluding steroid dienone is 2. The van der Waals surface area contributed by atoms with Gasteiger partial charge in [-0.3, -0.25) is 4.48 Å². The highest BCUT2D eigenvalue weighted by atomic mass is 16.3. The summed E-state index contributed by atoms with van der Waals surface area (Å²) in [5, 5.41) is 10.2. The number of aliphatic hydroxyl groups excluding tert-OH is 1. The topological polar surface area (TPSA) is 32.6 Å². The summed E-state index contributed by atoms with van der Waals surface area (Å²) in [6.07, 6.45) is 28.3. The van der Waals surface area contributed by atoms with E-state index in [-0.39, 0.29) is 12.4 Å².